The quantitative estimate of drug-likeness (QED) is 0.880. The highest BCUT2D eigenvalue weighted by atomic mass is 35.5. The second kappa shape index (κ2) is 6.88. The molecule has 1 aromatic heterocycles. The molecule has 1 N–H and O–H groups in total. The van der Waals surface area contributed by atoms with Gasteiger partial charge in [0.25, 0.3) is 5.91 Å². The van der Waals surface area contributed by atoms with Gasteiger partial charge < -0.3 is 14.5 Å². The van der Waals surface area contributed by atoms with E-state index < -0.39 is 0 Å². The van der Waals surface area contributed by atoms with Crippen LogP contribution in [-0.4, -0.2) is 12.0 Å². The van der Waals surface area contributed by atoms with Crippen LogP contribution in [0.2, 0.25) is 5.02 Å². The summed E-state index contributed by atoms with van der Waals surface area (Å²) in [4.78, 5) is 12.5. The third kappa shape index (κ3) is 4.04. The Labute approximate surface area is 135 Å². The number of rotatable bonds is 5. The largest absolute Gasteiger partial charge is 0.490 e. The first kappa shape index (κ1) is 16.4. The number of carbonyl (C=O) groups is 1. The minimum absolute atomic E-state index is 0.0297. The number of hydrogen-bond acceptors (Lipinski definition) is 3. The van der Waals surface area contributed by atoms with E-state index in [1.807, 2.05) is 39.8 Å². The van der Waals surface area contributed by atoms with E-state index in [-0.39, 0.29) is 18.1 Å². The number of halogens is 1. The standard InChI is InChI=1S/C17H20ClNO3/c1-10(2)21-16-8-6-13(18)9-14(16)17(20)19-12(4)15-7-5-11(3)22-15/h5-10,12H,1-4H3,(H,19,20). The van der Waals surface area contributed by atoms with Gasteiger partial charge in [0.05, 0.1) is 17.7 Å². The average molecular weight is 322 g/mol. The number of ether oxygens (including phenoxy) is 1. The van der Waals surface area contributed by atoms with Crippen molar-refractivity contribution in [3.8, 4) is 5.75 Å². The number of amides is 1. The van der Waals surface area contributed by atoms with Gasteiger partial charge in [-0.05, 0) is 58.0 Å². The summed E-state index contributed by atoms with van der Waals surface area (Å²) in [6, 6.07) is 8.49. The smallest absolute Gasteiger partial charge is 0.255 e. The van der Waals surface area contributed by atoms with Gasteiger partial charge in [0.1, 0.15) is 17.3 Å². The van der Waals surface area contributed by atoms with Gasteiger partial charge >= 0.3 is 0 Å². The third-order valence-electron chi connectivity index (χ3n) is 3.08. The zero-order chi connectivity index (χ0) is 16.3. The van der Waals surface area contributed by atoms with Crippen molar-refractivity contribution in [2.45, 2.75) is 39.8 Å². The van der Waals surface area contributed by atoms with Crippen LogP contribution in [0, 0.1) is 6.92 Å². The lowest BCUT2D eigenvalue weighted by Crippen LogP contribution is -2.27. The van der Waals surface area contributed by atoms with E-state index in [1.165, 1.54) is 0 Å². The summed E-state index contributed by atoms with van der Waals surface area (Å²) in [6.45, 7) is 7.54. The molecule has 2 rings (SSSR count). The third-order valence-corrected chi connectivity index (χ3v) is 3.32. The Morgan fingerprint density at radius 2 is 1.95 bits per heavy atom. The Hall–Kier alpha value is -1.94. The summed E-state index contributed by atoms with van der Waals surface area (Å²) in [5.41, 5.74) is 0.413. The fourth-order valence-corrected chi connectivity index (χ4v) is 2.24. The highest BCUT2D eigenvalue weighted by Crippen LogP contribution is 2.25. The lowest BCUT2D eigenvalue weighted by atomic mass is 10.1. The number of furan rings is 1. The number of aryl methyl sites for hydroxylation is 1. The molecular weight excluding hydrogens is 302 g/mol. The average Bonchev–Trinajstić information content (AvgIpc) is 2.87. The van der Waals surface area contributed by atoms with Crippen molar-refractivity contribution in [1.82, 2.24) is 5.32 Å². The van der Waals surface area contributed by atoms with Gasteiger partial charge in [-0.25, -0.2) is 0 Å². The van der Waals surface area contributed by atoms with Gasteiger partial charge in [-0.15, -0.1) is 0 Å². The molecule has 1 unspecified atom stereocenters. The summed E-state index contributed by atoms with van der Waals surface area (Å²) in [5.74, 6) is 1.78. The minimum atomic E-state index is -0.250. The molecule has 5 heteroatoms. The van der Waals surface area contributed by atoms with Crippen LogP contribution in [0.1, 0.15) is 48.7 Å². The molecule has 22 heavy (non-hydrogen) atoms. The molecule has 2 aromatic rings. The van der Waals surface area contributed by atoms with Gasteiger partial charge in [-0.1, -0.05) is 11.6 Å². The first-order chi connectivity index (χ1) is 10.4. The zero-order valence-electron chi connectivity index (χ0n) is 13.1. The molecule has 0 saturated heterocycles. The first-order valence-electron chi connectivity index (χ1n) is 7.20. The molecule has 0 spiro atoms. The summed E-state index contributed by atoms with van der Waals surface area (Å²) < 4.78 is 11.2. The fourth-order valence-electron chi connectivity index (χ4n) is 2.07. The normalized spacial score (nSPS) is 12.3. The van der Waals surface area contributed by atoms with Crippen LogP contribution in [0.5, 0.6) is 5.75 Å². The molecule has 1 aromatic carbocycles. The number of nitrogens with one attached hydrogen (secondary N) is 1. The van der Waals surface area contributed by atoms with Crippen molar-refractivity contribution >= 4 is 17.5 Å². The Balaban J connectivity index is 2.19. The molecular formula is C17H20ClNO3. The summed E-state index contributed by atoms with van der Waals surface area (Å²) >= 11 is 6.00. The van der Waals surface area contributed by atoms with E-state index in [9.17, 15) is 4.79 Å². The van der Waals surface area contributed by atoms with Crippen molar-refractivity contribution in [3.05, 3.63) is 52.4 Å². The Morgan fingerprint density at radius 1 is 1.23 bits per heavy atom. The predicted octanol–water partition coefficient (Wildman–Crippen LogP) is 4.52. The van der Waals surface area contributed by atoms with Crippen LogP contribution in [0.25, 0.3) is 0 Å². The lowest BCUT2D eigenvalue weighted by Gasteiger charge is -2.16. The van der Waals surface area contributed by atoms with E-state index in [0.717, 1.165) is 5.76 Å². The molecule has 0 bridgehead atoms. The maximum absolute atomic E-state index is 12.5. The van der Waals surface area contributed by atoms with Gasteiger partial charge in [0.2, 0.25) is 0 Å². The molecule has 1 atom stereocenters. The molecule has 118 valence electrons. The zero-order valence-corrected chi connectivity index (χ0v) is 13.9. The highest BCUT2D eigenvalue weighted by Gasteiger charge is 2.18. The Morgan fingerprint density at radius 3 is 2.55 bits per heavy atom. The predicted molar refractivity (Wildman–Crippen MR) is 86.5 cm³/mol. The van der Waals surface area contributed by atoms with Crippen LogP contribution >= 0.6 is 11.6 Å². The maximum Gasteiger partial charge on any atom is 0.255 e. The van der Waals surface area contributed by atoms with Crippen LogP contribution < -0.4 is 10.1 Å². The fraction of sp³-hybridized carbons (Fsp3) is 0.353. The van der Waals surface area contributed by atoms with Crippen molar-refractivity contribution in [3.63, 3.8) is 0 Å². The van der Waals surface area contributed by atoms with Crippen LogP contribution in [-0.2, 0) is 0 Å². The molecule has 0 aliphatic heterocycles. The Bertz CT molecular complexity index is 664. The molecule has 0 saturated carbocycles. The lowest BCUT2D eigenvalue weighted by molar-refractivity contribution is 0.0929. The van der Waals surface area contributed by atoms with Gasteiger partial charge in [0, 0.05) is 5.02 Å². The highest BCUT2D eigenvalue weighted by molar-refractivity contribution is 6.31. The molecule has 0 aliphatic carbocycles. The van der Waals surface area contributed by atoms with Gasteiger partial charge in [0.15, 0.2) is 0 Å². The van der Waals surface area contributed by atoms with E-state index >= 15 is 0 Å². The SMILES string of the molecule is Cc1ccc(C(C)NC(=O)c2cc(Cl)ccc2OC(C)C)o1. The van der Waals surface area contributed by atoms with Gasteiger partial charge in [-0.2, -0.15) is 0 Å². The van der Waals surface area contributed by atoms with Gasteiger partial charge in [-0.3, -0.25) is 4.79 Å². The van der Waals surface area contributed by atoms with E-state index in [1.54, 1.807) is 18.2 Å². The van der Waals surface area contributed by atoms with Crippen LogP contribution in [0.3, 0.4) is 0 Å². The monoisotopic (exact) mass is 321 g/mol. The van der Waals surface area contributed by atoms with Crippen molar-refractivity contribution in [1.29, 1.82) is 0 Å². The second-order valence-electron chi connectivity index (χ2n) is 5.45. The van der Waals surface area contributed by atoms with E-state index in [0.29, 0.717) is 22.1 Å². The number of benzene rings is 1. The number of carbonyl (C=O) groups excluding carboxylic acids is 1. The molecule has 1 heterocycles. The second-order valence-corrected chi connectivity index (χ2v) is 5.89. The molecule has 0 radical (unpaired) electrons. The molecule has 4 nitrogen and oxygen atoms in total. The van der Waals surface area contributed by atoms with Crippen molar-refractivity contribution in [2.75, 3.05) is 0 Å². The van der Waals surface area contributed by atoms with Crippen LogP contribution in [0.4, 0.5) is 0 Å². The van der Waals surface area contributed by atoms with Crippen LogP contribution in [0.15, 0.2) is 34.7 Å². The minimum Gasteiger partial charge on any atom is -0.490 e. The maximum atomic E-state index is 12.5. The van der Waals surface area contributed by atoms with Crippen molar-refractivity contribution in [2.24, 2.45) is 0 Å². The van der Waals surface area contributed by atoms with E-state index in [4.69, 9.17) is 20.8 Å². The molecule has 0 aliphatic rings. The Kier molecular flexibility index (Phi) is 5.14. The summed E-state index contributed by atoms with van der Waals surface area (Å²) in [7, 11) is 0. The molecule has 0 fully saturated rings. The first-order valence-corrected chi connectivity index (χ1v) is 7.58. The topological polar surface area (TPSA) is 51.5 Å². The molecule has 1 amide bonds. The van der Waals surface area contributed by atoms with Crippen molar-refractivity contribution < 1.29 is 13.9 Å². The van der Waals surface area contributed by atoms with E-state index in [2.05, 4.69) is 5.32 Å². The summed E-state index contributed by atoms with van der Waals surface area (Å²) in [5, 5.41) is 3.38. The summed E-state index contributed by atoms with van der Waals surface area (Å²) in [6.07, 6.45) is -0.0297. The number of hydrogen-bond donors (Lipinski definition) is 1.